The highest BCUT2D eigenvalue weighted by molar-refractivity contribution is 5.92. The van der Waals surface area contributed by atoms with Crippen LogP contribution in [0, 0.1) is 5.41 Å². The van der Waals surface area contributed by atoms with Crippen LogP contribution in [0.4, 0.5) is 0 Å². The molecule has 5 heteroatoms. The lowest BCUT2D eigenvalue weighted by molar-refractivity contribution is -0.142. The number of carbonyl (C=O) groups is 2. The first kappa shape index (κ1) is 23.6. The van der Waals surface area contributed by atoms with Gasteiger partial charge in [0.25, 0.3) is 0 Å². The van der Waals surface area contributed by atoms with Crippen molar-refractivity contribution in [1.82, 2.24) is 5.32 Å². The smallest absolute Gasteiger partial charge is 0.328 e. The molecule has 0 aliphatic heterocycles. The van der Waals surface area contributed by atoms with Gasteiger partial charge in [-0.05, 0) is 56.6 Å². The molecule has 5 nitrogen and oxygen atoms in total. The van der Waals surface area contributed by atoms with Gasteiger partial charge >= 0.3 is 5.97 Å². The van der Waals surface area contributed by atoms with Gasteiger partial charge in [-0.25, -0.2) is 4.79 Å². The number of rotatable bonds is 8. The third-order valence-electron chi connectivity index (χ3n) is 4.93. The van der Waals surface area contributed by atoms with Crippen LogP contribution in [-0.2, 0) is 9.59 Å². The number of aliphatic carboxylic acids is 1. The van der Waals surface area contributed by atoms with Crippen molar-refractivity contribution in [3.05, 3.63) is 58.7 Å². The molecule has 0 saturated heterocycles. The minimum atomic E-state index is -1.30. The van der Waals surface area contributed by atoms with Crippen molar-refractivity contribution in [2.75, 3.05) is 6.61 Å². The summed E-state index contributed by atoms with van der Waals surface area (Å²) in [4.78, 5) is 22.6. The quantitative estimate of drug-likeness (QED) is 0.433. The van der Waals surface area contributed by atoms with Gasteiger partial charge in [-0.3, -0.25) is 4.79 Å². The molecule has 0 saturated carbocycles. The van der Waals surface area contributed by atoms with Crippen molar-refractivity contribution >= 4 is 11.9 Å². The summed E-state index contributed by atoms with van der Waals surface area (Å²) < 4.78 is 0. The molecule has 0 aromatic heterocycles. The Balaban J connectivity index is 2.72. The minimum absolute atomic E-state index is 0.212. The van der Waals surface area contributed by atoms with E-state index in [2.05, 4.69) is 38.2 Å². The molecule has 3 N–H and O–H groups in total. The van der Waals surface area contributed by atoms with Crippen LogP contribution in [0.25, 0.3) is 0 Å². The van der Waals surface area contributed by atoms with Crippen molar-refractivity contribution in [2.24, 2.45) is 5.41 Å². The van der Waals surface area contributed by atoms with E-state index in [4.69, 9.17) is 10.2 Å². The summed E-state index contributed by atoms with van der Waals surface area (Å²) in [7, 11) is 0. The van der Waals surface area contributed by atoms with E-state index < -0.39 is 24.5 Å². The lowest BCUT2D eigenvalue weighted by Crippen LogP contribution is -2.42. The number of hydrogen-bond donors (Lipinski definition) is 3. The fourth-order valence-corrected chi connectivity index (χ4v) is 3.29. The van der Waals surface area contributed by atoms with Crippen molar-refractivity contribution in [3.63, 3.8) is 0 Å². The van der Waals surface area contributed by atoms with E-state index in [9.17, 15) is 9.59 Å². The summed E-state index contributed by atoms with van der Waals surface area (Å²) in [6.45, 7) is 9.92. The van der Waals surface area contributed by atoms with Crippen LogP contribution in [0.15, 0.2) is 58.7 Å². The highest BCUT2D eigenvalue weighted by Gasteiger charge is 2.26. The second kappa shape index (κ2) is 10.8. The predicted octanol–water partition coefficient (Wildman–Crippen LogP) is 4.08. The first-order valence-corrected chi connectivity index (χ1v) is 9.62. The topological polar surface area (TPSA) is 86.6 Å². The molecule has 0 heterocycles. The number of carboxylic acid groups (broad SMARTS) is 1. The van der Waals surface area contributed by atoms with E-state index in [0.717, 1.165) is 12.0 Å². The second-order valence-corrected chi connectivity index (χ2v) is 8.00. The molecule has 0 aromatic carbocycles. The van der Waals surface area contributed by atoms with Crippen LogP contribution in [-0.4, -0.2) is 34.7 Å². The molecule has 1 aliphatic carbocycles. The summed E-state index contributed by atoms with van der Waals surface area (Å²) in [5, 5.41) is 20.0. The van der Waals surface area contributed by atoms with Gasteiger partial charge in [-0.1, -0.05) is 55.4 Å². The molecule has 1 amide bonds. The zero-order valence-electron chi connectivity index (χ0n) is 17.6. The van der Waals surface area contributed by atoms with Crippen molar-refractivity contribution in [1.29, 1.82) is 0 Å². The molecular formula is C23H33NO4. The molecule has 0 bridgehead atoms. The summed E-state index contributed by atoms with van der Waals surface area (Å²) in [5.41, 5.74) is 4.87. The zero-order chi connectivity index (χ0) is 21.3. The Bertz CT molecular complexity index is 736. The summed E-state index contributed by atoms with van der Waals surface area (Å²) in [5.74, 6) is -1.82. The number of carbonyl (C=O) groups excluding carboxylic acids is 1. The highest BCUT2D eigenvalue weighted by Crippen LogP contribution is 2.40. The lowest BCUT2D eigenvalue weighted by atomic mass is 9.72. The Morgan fingerprint density at radius 1 is 1.21 bits per heavy atom. The molecule has 154 valence electrons. The van der Waals surface area contributed by atoms with Gasteiger partial charge in [0.15, 0.2) is 6.04 Å². The molecule has 1 rings (SSSR count). The second-order valence-electron chi connectivity index (χ2n) is 8.00. The number of allylic oxidation sites excluding steroid dienone is 9. The van der Waals surface area contributed by atoms with E-state index in [1.165, 1.54) is 30.1 Å². The summed E-state index contributed by atoms with van der Waals surface area (Å²) in [6.07, 6.45) is 14.8. The Hall–Kier alpha value is -2.40. The Morgan fingerprint density at radius 2 is 1.89 bits per heavy atom. The molecule has 0 radical (unpaired) electrons. The average molecular weight is 388 g/mol. The van der Waals surface area contributed by atoms with Gasteiger partial charge in [0.05, 0.1) is 6.61 Å². The average Bonchev–Trinajstić information content (AvgIpc) is 2.58. The van der Waals surface area contributed by atoms with E-state index in [1.807, 2.05) is 19.1 Å². The largest absolute Gasteiger partial charge is 0.480 e. The van der Waals surface area contributed by atoms with E-state index in [1.54, 1.807) is 13.0 Å². The van der Waals surface area contributed by atoms with Crippen LogP contribution in [0.3, 0.4) is 0 Å². The number of aliphatic hydroxyl groups excluding tert-OH is 1. The number of amides is 1. The molecular weight excluding hydrogens is 354 g/mol. The zero-order valence-corrected chi connectivity index (χ0v) is 17.6. The summed E-state index contributed by atoms with van der Waals surface area (Å²) >= 11 is 0. The number of hydrogen-bond acceptors (Lipinski definition) is 3. The van der Waals surface area contributed by atoms with E-state index in [-0.39, 0.29) is 5.41 Å². The Kier molecular flexibility index (Phi) is 9.13. The lowest BCUT2D eigenvalue weighted by Gasteiger charge is -2.32. The normalized spacial score (nSPS) is 19.4. The van der Waals surface area contributed by atoms with Crippen LogP contribution in [0.2, 0.25) is 0 Å². The van der Waals surface area contributed by atoms with Gasteiger partial charge < -0.3 is 15.5 Å². The number of carboxylic acids is 1. The van der Waals surface area contributed by atoms with E-state index in [0.29, 0.717) is 5.57 Å². The molecule has 0 spiro atoms. The SMILES string of the molecule is CC(C=CC1=C(C)CCCC1(C)C)=CC=CC(C)=CC(=O)NC(CO)C(=O)O. The minimum Gasteiger partial charge on any atom is -0.480 e. The van der Waals surface area contributed by atoms with Gasteiger partial charge in [0, 0.05) is 6.08 Å². The van der Waals surface area contributed by atoms with Crippen molar-refractivity contribution in [3.8, 4) is 0 Å². The third-order valence-corrected chi connectivity index (χ3v) is 4.93. The first-order valence-electron chi connectivity index (χ1n) is 9.62. The molecule has 0 fully saturated rings. The standard InChI is InChI=1S/C23H33NO4/c1-16(11-12-19-18(3)10-7-13-23(19,4)5)8-6-9-17(2)14-21(26)24-20(15-25)22(27)28/h6,8-9,11-12,14,20,25H,7,10,13,15H2,1-5H3,(H,24,26)(H,27,28). The molecule has 28 heavy (non-hydrogen) atoms. The molecule has 1 atom stereocenters. The first-order chi connectivity index (χ1) is 13.1. The van der Waals surface area contributed by atoms with Crippen LogP contribution < -0.4 is 5.32 Å². The molecule has 1 unspecified atom stereocenters. The maximum Gasteiger partial charge on any atom is 0.328 e. The Morgan fingerprint density at radius 3 is 2.46 bits per heavy atom. The molecule has 1 aliphatic rings. The maximum absolute atomic E-state index is 11.8. The van der Waals surface area contributed by atoms with Crippen LogP contribution >= 0.6 is 0 Å². The van der Waals surface area contributed by atoms with Crippen LogP contribution in [0.5, 0.6) is 0 Å². The molecule has 0 aromatic rings. The number of aliphatic hydroxyl groups is 1. The fraction of sp³-hybridized carbons (Fsp3) is 0.478. The third kappa shape index (κ3) is 7.69. The van der Waals surface area contributed by atoms with E-state index >= 15 is 0 Å². The fourth-order valence-electron chi connectivity index (χ4n) is 3.29. The predicted molar refractivity (Wildman–Crippen MR) is 113 cm³/mol. The Labute approximate surface area is 168 Å². The van der Waals surface area contributed by atoms with Crippen molar-refractivity contribution < 1.29 is 19.8 Å². The maximum atomic E-state index is 11.8. The van der Waals surface area contributed by atoms with Crippen molar-refractivity contribution in [2.45, 2.75) is 59.9 Å². The summed E-state index contributed by atoms with van der Waals surface area (Å²) in [6, 6.07) is -1.30. The highest BCUT2D eigenvalue weighted by atomic mass is 16.4. The van der Waals surface area contributed by atoms with Gasteiger partial charge in [-0.15, -0.1) is 0 Å². The number of nitrogens with one attached hydrogen (secondary N) is 1. The van der Waals surface area contributed by atoms with Gasteiger partial charge in [-0.2, -0.15) is 0 Å². The van der Waals surface area contributed by atoms with Gasteiger partial charge in [0.2, 0.25) is 5.91 Å². The van der Waals surface area contributed by atoms with Crippen LogP contribution in [0.1, 0.15) is 53.9 Å². The van der Waals surface area contributed by atoms with Gasteiger partial charge in [0.1, 0.15) is 0 Å². The monoisotopic (exact) mass is 387 g/mol.